The van der Waals surface area contributed by atoms with Gasteiger partial charge in [0.05, 0.1) is 9.77 Å². The van der Waals surface area contributed by atoms with Crippen LogP contribution in [0.5, 0.6) is 0 Å². The molecule has 0 unspecified atom stereocenters. The second-order valence-corrected chi connectivity index (χ2v) is 7.29. The normalized spacial score (nSPS) is 18.7. The average molecular weight is 419 g/mol. The van der Waals surface area contributed by atoms with Gasteiger partial charge in [0, 0.05) is 17.3 Å². The van der Waals surface area contributed by atoms with Gasteiger partial charge in [0.25, 0.3) is 11.5 Å². The van der Waals surface area contributed by atoms with Crippen LogP contribution < -0.4 is 59.1 Å². The summed E-state index contributed by atoms with van der Waals surface area (Å²) in [5.74, 6) is -1.02. The predicted molar refractivity (Wildman–Crippen MR) is 84.7 cm³/mol. The first-order valence-corrected chi connectivity index (χ1v) is 8.91. The third kappa shape index (κ3) is 6.65. The first-order valence-electron chi connectivity index (χ1n) is 6.03. The van der Waals surface area contributed by atoms with Crippen LogP contribution in [0.15, 0.2) is 52.5 Å². The summed E-state index contributed by atoms with van der Waals surface area (Å²) >= 11 is 0. The molecule has 0 radical (unpaired) electrons. The Bertz CT molecular complexity index is 999. The van der Waals surface area contributed by atoms with E-state index >= 15 is 0 Å². The van der Waals surface area contributed by atoms with E-state index in [4.69, 9.17) is 9.11 Å². The second-order valence-electron chi connectivity index (χ2n) is 4.45. The van der Waals surface area contributed by atoms with Crippen molar-refractivity contribution in [3.8, 4) is 0 Å². The van der Waals surface area contributed by atoms with Crippen LogP contribution in [0, 0.1) is 5.21 Å². The fourth-order valence-electron chi connectivity index (χ4n) is 1.66. The van der Waals surface area contributed by atoms with Crippen molar-refractivity contribution in [2.24, 2.45) is 5.10 Å². The molecule has 0 aromatic rings. The summed E-state index contributed by atoms with van der Waals surface area (Å²) in [7, 11) is -8.97. The third-order valence-electron chi connectivity index (χ3n) is 2.78. The topological polar surface area (TPSA) is 170 Å². The number of rotatable bonds is 2. The smallest absolute Gasteiger partial charge is 0.744 e. The number of ketones is 1. The molecule has 0 bridgehead atoms. The Morgan fingerprint density at radius 1 is 0.962 bits per heavy atom. The van der Waals surface area contributed by atoms with Crippen molar-refractivity contribution >= 4 is 42.3 Å². The molecule has 0 saturated heterocycles. The van der Waals surface area contributed by atoms with Gasteiger partial charge >= 0.3 is 59.1 Å². The Kier molecular flexibility index (Phi) is 9.56. The van der Waals surface area contributed by atoms with Crippen molar-refractivity contribution < 1.29 is 95.0 Å². The molecule has 0 saturated carbocycles. The van der Waals surface area contributed by atoms with E-state index in [0.717, 1.165) is 36.5 Å². The van der Waals surface area contributed by atoms with Crippen LogP contribution in [-0.2, 0) is 25.0 Å². The van der Waals surface area contributed by atoms with Crippen LogP contribution in [0.2, 0.25) is 0 Å². The zero-order valence-corrected chi connectivity index (χ0v) is 19.2. The van der Waals surface area contributed by atoms with Gasteiger partial charge in [-0.25, -0.2) is 12.6 Å². The van der Waals surface area contributed by atoms with Crippen LogP contribution in [-0.4, -0.2) is 53.2 Å². The van der Waals surface area contributed by atoms with Crippen molar-refractivity contribution in [2.45, 2.75) is 0 Å². The maximum Gasteiger partial charge on any atom is 1.00 e. The van der Waals surface area contributed by atoms with Gasteiger partial charge in [-0.15, -0.1) is 0 Å². The molecule has 128 valence electrons. The number of carbonyl (C=O) groups is 1. The molecule has 2 aliphatic carbocycles. The van der Waals surface area contributed by atoms with Crippen molar-refractivity contribution in [1.29, 1.82) is 0 Å². The van der Waals surface area contributed by atoms with Crippen LogP contribution in [0.1, 0.15) is 0 Å². The Morgan fingerprint density at radius 3 is 1.92 bits per heavy atom. The summed E-state index contributed by atoms with van der Waals surface area (Å²) in [6.07, 6.45) is 6.55. The predicted octanol–water partition coefficient (Wildman–Crippen LogP) is -6.60. The molecule has 0 aliphatic heterocycles. The van der Waals surface area contributed by atoms with Crippen molar-refractivity contribution in [2.75, 3.05) is 0 Å². The molecule has 0 aromatic heterocycles. The SMILES string of the molecule is O=C1C=C(S(=O)(=O)[O-])C=CC1=[N+]([O-])N=C1C=CC(=S(=O)(O)O)C=C1.[Na+].[Na+]. The van der Waals surface area contributed by atoms with Gasteiger partial charge in [-0.1, -0.05) is 0 Å². The van der Waals surface area contributed by atoms with Gasteiger partial charge in [0.1, 0.15) is 15.8 Å². The summed E-state index contributed by atoms with van der Waals surface area (Å²) in [4.78, 5) is 10.5. The fraction of sp³-hybridized carbons (Fsp3) is 0. The minimum absolute atomic E-state index is 0. The van der Waals surface area contributed by atoms with Crippen LogP contribution in [0.4, 0.5) is 0 Å². The van der Waals surface area contributed by atoms with Gasteiger partial charge in [-0.05, 0) is 35.2 Å². The zero-order valence-electron chi connectivity index (χ0n) is 13.6. The number of hydrazone groups is 1. The Hall–Kier alpha value is -0.380. The van der Waals surface area contributed by atoms with Crippen molar-refractivity contribution in [1.82, 2.24) is 0 Å². The average Bonchev–Trinajstić information content (AvgIpc) is 2.45. The molecule has 14 heteroatoms. The second kappa shape index (κ2) is 9.71. The molecular formula is C12H9N2Na2O8S2+. The van der Waals surface area contributed by atoms with E-state index in [1.54, 1.807) is 0 Å². The number of carbonyl (C=O) groups excluding carboxylic acids is 1. The Balaban J connectivity index is 0.00000312. The number of hydrogen-bond acceptors (Lipinski definition) is 7. The summed E-state index contributed by atoms with van der Waals surface area (Å²) in [5, 5.41) is 15.3. The van der Waals surface area contributed by atoms with Gasteiger partial charge in [0.2, 0.25) is 10.1 Å². The third-order valence-corrected chi connectivity index (χ3v) is 4.49. The van der Waals surface area contributed by atoms with Crippen molar-refractivity contribution in [3.63, 3.8) is 0 Å². The molecule has 0 spiro atoms. The largest absolute Gasteiger partial charge is 1.00 e. The van der Waals surface area contributed by atoms with E-state index in [-0.39, 0.29) is 74.5 Å². The molecule has 0 atom stereocenters. The van der Waals surface area contributed by atoms with Gasteiger partial charge in [-0.2, -0.15) is 0 Å². The maximum atomic E-state index is 11.8. The number of nitrogens with zero attached hydrogens (tertiary/aromatic N) is 2. The molecule has 0 aromatic carbocycles. The van der Waals surface area contributed by atoms with Gasteiger partial charge < -0.3 is 9.76 Å². The van der Waals surface area contributed by atoms with Crippen LogP contribution >= 0.6 is 0 Å². The fourth-order valence-corrected chi connectivity index (χ4v) is 2.63. The molecule has 0 amide bonds. The Morgan fingerprint density at radius 2 is 1.50 bits per heavy atom. The van der Waals surface area contributed by atoms with Crippen molar-refractivity contribution in [3.05, 3.63) is 52.6 Å². The first kappa shape index (κ1) is 25.6. The zero-order chi connectivity index (χ0) is 18.1. The molecule has 10 nitrogen and oxygen atoms in total. The summed E-state index contributed by atoms with van der Waals surface area (Å²) in [6, 6.07) is 0. The minimum atomic E-state index is -4.82. The molecule has 2 N–H and O–H groups in total. The van der Waals surface area contributed by atoms with Crippen LogP contribution in [0.25, 0.3) is 0 Å². The number of allylic oxidation sites excluding steroid dienone is 7. The molecule has 0 heterocycles. The van der Waals surface area contributed by atoms with E-state index in [2.05, 4.69) is 5.10 Å². The summed E-state index contributed by atoms with van der Waals surface area (Å²) < 4.78 is 61.2. The van der Waals surface area contributed by atoms with Gasteiger partial charge in [0.15, 0.2) is 0 Å². The Labute approximate surface area is 193 Å². The quantitative estimate of drug-likeness (QED) is 0.0846. The summed E-state index contributed by atoms with van der Waals surface area (Å²) in [6.45, 7) is 0. The molecule has 2 rings (SSSR count). The first-order chi connectivity index (χ1) is 11.0. The number of hydrogen-bond donors (Lipinski definition) is 2. The maximum absolute atomic E-state index is 11.8. The van der Waals surface area contributed by atoms with E-state index in [0.29, 0.717) is 6.08 Å². The monoisotopic (exact) mass is 419 g/mol. The van der Waals surface area contributed by atoms with E-state index < -0.39 is 36.6 Å². The van der Waals surface area contributed by atoms with Gasteiger partial charge in [-0.3, -0.25) is 13.9 Å². The minimum Gasteiger partial charge on any atom is -0.744 e. The van der Waals surface area contributed by atoms with Crippen LogP contribution in [0.3, 0.4) is 0 Å². The molecular weight excluding hydrogens is 410 g/mol. The van der Waals surface area contributed by atoms with E-state index in [1.807, 2.05) is 0 Å². The molecule has 0 fully saturated rings. The van der Waals surface area contributed by atoms with E-state index in [1.165, 1.54) is 0 Å². The molecule has 26 heavy (non-hydrogen) atoms. The molecule has 2 aliphatic rings. The summed E-state index contributed by atoms with van der Waals surface area (Å²) in [5.41, 5.74) is -0.531. The standard InChI is InChI=1S/C12H10N2O8S2.2Na/c15-12-7-10(24(20,21)22)5-6-11(12)14(16)13-8-1-3-9(4-2-8)23(17,18)19;;/h1-7H,(H2,17,18,19)(H,20,21,22);;/q;2*+1/p-1. The van der Waals surface area contributed by atoms with E-state index in [9.17, 15) is 27.2 Å².